The van der Waals surface area contributed by atoms with Crippen LogP contribution in [0, 0.1) is 13.8 Å². The quantitative estimate of drug-likeness (QED) is 0.337. The summed E-state index contributed by atoms with van der Waals surface area (Å²) in [6.07, 6.45) is 1.84. The third-order valence-electron chi connectivity index (χ3n) is 3.31. The first-order valence-corrected chi connectivity index (χ1v) is 9.79. The van der Waals surface area contributed by atoms with Crippen LogP contribution < -0.4 is 10.6 Å². The number of halogens is 2. The summed E-state index contributed by atoms with van der Waals surface area (Å²) in [6.45, 7) is 8.68. The molecule has 0 atom stereocenters. The summed E-state index contributed by atoms with van der Waals surface area (Å²) in [5.74, 6) is 0.861. The standard InChI is InChI=1S/C16H23ClN4S2.HI/c1-4-18-16(19-9-7-13-5-6-14(17)23-13)20-10-8-15-21-11(2)12(3)22-15;/h5-6H,4,7-10H2,1-3H3,(H2,18,19,20);1H. The molecule has 0 bridgehead atoms. The SMILES string of the molecule is CCNC(=NCCc1nc(C)c(C)s1)NCCc1ccc(Cl)s1.I. The number of aryl methyl sites for hydroxylation is 2. The summed E-state index contributed by atoms with van der Waals surface area (Å²) in [7, 11) is 0. The Labute approximate surface area is 174 Å². The average molecular weight is 499 g/mol. The van der Waals surface area contributed by atoms with Crippen LogP contribution >= 0.6 is 58.3 Å². The second-order valence-corrected chi connectivity index (χ2v) is 8.23. The van der Waals surface area contributed by atoms with E-state index in [1.807, 2.05) is 6.07 Å². The number of aliphatic imine (C=N–C) groups is 1. The summed E-state index contributed by atoms with van der Waals surface area (Å²) in [4.78, 5) is 11.8. The van der Waals surface area contributed by atoms with Crippen molar-refractivity contribution in [3.05, 3.63) is 36.9 Å². The minimum Gasteiger partial charge on any atom is -0.357 e. The predicted octanol–water partition coefficient (Wildman–Crippen LogP) is 4.43. The summed E-state index contributed by atoms with van der Waals surface area (Å²) in [5.41, 5.74) is 1.13. The van der Waals surface area contributed by atoms with Crippen LogP contribution in [0.2, 0.25) is 4.34 Å². The van der Waals surface area contributed by atoms with Gasteiger partial charge >= 0.3 is 0 Å². The second kappa shape index (κ2) is 11.3. The number of hydrogen-bond acceptors (Lipinski definition) is 4. The van der Waals surface area contributed by atoms with E-state index in [0.29, 0.717) is 0 Å². The minimum absolute atomic E-state index is 0. The predicted molar refractivity (Wildman–Crippen MR) is 118 cm³/mol. The highest BCUT2D eigenvalue weighted by molar-refractivity contribution is 14.0. The zero-order valence-corrected chi connectivity index (χ0v) is 18.9. The molecule has 0 aliphatic carbocycles. The molecule has 24 heavy (non-hydrogen) atoms. The number of rotatable bonds is 7. The van der Waals surface area contributed by atoms with Gasteiger partial charge in [0, 0.05) is 35.8 Å². The lowest BCUT2D eigenvalue weighted by Crippen LogP contribution is -2.38. The van der Waals surface area contributed by atoms with Gasteiger partial charge in [-0.05, 0) is 39.3 Å². The smallest absolute Gasteiger partial charge is 0.191 e. The third kappa shape index (κ3) is 7.25. The van der Waals surface area contributed by atoms with Crippen LogP contribution in [0.1, 0.15) is 27.4 Å². The maximum absolute atomic E-state index is 5.95. The normalized spacial score (nSPS) is 11.2. The zero-order chi connectivity index (χ0) is 16.7. The van der Waals surface area contributed by atoms with Crippen LogP contribution in [0.5, 0.6) is 0 Å². The Kier molecular flexibility index (Phi) is 10.2. The molecule has 0 aliphatic heterocycles. The second-order valence-electron chi connectivity index (χ2n) is 5.14. The van der Waals surface area contributed by atoms with Gasteiger partial charge in [-0.1, -0.05) is 11.6 Å². The number of guanidine groups is 1. The van der Waals surface area contributed by atoms with E-state index in [4.69, 9.17) is 11.6 Å². The van der Waals surface area contributed by atoms with E-state index in [1.165, 1.54) is 9.75 Å². The molecule has 2 N–H and O–H groups in total. The fourth-order valence-corrected chi connectivity index (χ4v) is 4.05. The van der Waals surface area contributed by atoms with Gasteiger partial charge in [0.1, 0.15) is 0 Å². The van der Waals surface area contributed by atoms with Crippen molar-refractivity contribution in [2.45, 2.75) is 33.6 Å². The molecule has 4 nitrogen and oxygen atoms in total. The molecule has 134 valence electrons. The zero-order valence-electron chi connectivity index (χ0n) is 14.2. The van der Waals surface area contributed by atoms with Gasteiger partial charge in [-0.25, -0.2) is 4.98 Å². The molecule has 0 unspecified atom stereocenters. The molecule has 2 heterocycles. The number of aromatic nitrogens is 1. The van der Waals surface area contributed by atoms with E-state index in [2.05, 4.69) is 47.4 Å². The van der Waals surface area contributed by atoms with E-state index < -0.39 is 0 Å². The molecule has 0 amide bonds. The summed E-state index contributed by atoms with van der Waals surface area (Å²) >= 11 is 9.34. The van der Waals surface area contributed by atoms with Gasteiger partial charge in [-0.2, -0.15) is 0 Å². The van der Waals surface area contributed by atoms with Crippen LogP contribution in [-0.4, -0.2) is 30.6 Å². The number of thiazole rings is 1. The van der Waals surface area contributed by atoms with Gasteiger partial charge in [0.15, 0.2) is 5.96 Å². The van der Waals surface area contributed by atoms with Crippen LogP contribution in [-0.2, 0) is 12.8 Å². The molecule has 0 aromatic carbocycles. The highest BCUT2D eigenvalue weighted by Crippen LogP contribution is 2.21. The molecule has 0 spiro atoms. The minimum atomic E-state index is 0. The maximum Gasteiger partial charge on any atom is 0.191 e. The van der Waals surface area contributed by atoms with E-state index in [1.54, 1.807) is 22.7 Å². The van der Waals surface area contributed by atoms with Crippen LogP contribution in [0.4, 0.5) is 0 Å². The molecule has 2 rings (SSSR count). The van der Waals surface area contributed by atoms with Crippen molar-refractivity contribution in [1.29, 1.82) is 0 Å². The molecular weight excluding hydrogens is 475 g/mol. The van der Waals surface area contributed by atoms with Crippen molar-refractivity contribution < 1.29 is 0 Å². The fourth-order valence-electron chi connectivity index (χ4n) is 2.04. The number of hydrogen-bond donors (Lipinski definition) is 2. The third-order valence-corrected chi connectivity index (χ3v) is 5.73. The van der Waals surface area contributed by atoms with Crippen molar-refractivity contribution >= 4 is 64.2 Å². The van der Waals surface area contributed by atoms with Crippen molar-refractivity contribution in [3.8, 4) is 0 Å². The number of thiophene rings is 1. The largest absolute Gasteiger partial charge is 0.357 e. The molecule has 2 aromatic rings. The lowest BCUT2D eigenvalue weighted by molar-refractivity contribution is 0.800. The number of nitrogens with one attached hydrogen (secondary N) is 2. The molecule has 0 aliphatic rings. The molecule has 0 saturated heterocycles. The first-order valence-electron chi connectivity index (χ1n) is 7.77. The van der Waals surface area contributed by atoms with Crippen LogP contribution in [0.15, 0.2) is 17.1 Å². The van der Waals surface area contributed by atoms with Gasteiger partial charge < -0.3 is 10.6 Å². The van der Waals surface area contributed by atoms with Gasteiger partial charge in [-0.15, -0.1) is 46.7 Å². The Morgan fingerprint density at radius 3 is 2.58 bits per heavy atom. The highest BCUT2D eigenvalue weighted by Gasteiger charge is 2.04. The van der Waals surface area contributed by atoms with Gasteiger partial charge in [-0.3, -0.25) is 4.99 Å². The summed E-state index contributed by atoms with van der Waals surface area (Å²) < 4.78 is 0.842. The van der Waals surface area contributed by atoms with E-state index in [-0.39, 0.29) is 24.0 Å². The Hall–Kier alpha value is -0.380. The summed E-state index contributed by atoms with van der Waals surface area (Å²) in [6, 6.07) is 4.02. The fraction of sp³-hybridized carbons (Fsp3) is 0.500. The Morgan fingerprint density at radius 1 is 1.21 bits per heavy atom. The van der Waals surface area contributed by atoms with Gasteiger partial charge in [0.2, 0.25) is 0 Å². The molecule has 0 radical (unpaired) electrons. The van der Waals surface area contributed by atoms with Crippen molar-refractivity contribution in [2.75, 3.05) is 19.6 Å². The lowest BCUT2D eigenvalue weighted by Gasteiger charge is -2.10. The Bertz CT molecular complexity index is 635. The maximum atomic E-state index is 5.95. The van der Waals surface area contributed by atoms with E-state index in [0.717, 1.165) is 53.5 Å². The molecule has 8 heteroatoms. The van der Waals surface area contributed by atoms with E-state index >= 15 is 0 Å². The van der Waals surface area contributed by atoms with E-state index in [9.17, 15) is 0 Å². The van der Waals surface area contributed by atoms with Crippen molar-refractivity contribution in [2.24, 2.45) is 4.99 Å². The van der Waals surface area contributed by atoms with Gasteiger partial charge in [0.05, 0.1) is 15.0 Å². The number of nitrogens with zero attached hydrogens (tertiary/aromatic N) is 2. The lowest BCUT2D eigenvalue weighted by atomic mass is 10.3. The summed E-state index contributed by atoms with van der Waals surface area (Å²) in [5, 5.41) is 7.80. The first-order chi connectivity index (χ1) is 11.1. The Morgan fingerprint density at radius 2 is 2.00 bits per heavy atom. The molecular formula is C16H24ClIN4S2. The van der Waals surface area contributed by atoms with Crippen molar-refractivity contribution in [3.63, 3.8) is 0 Å². The van der Waals surface area contributed by atoms with Crippen LogP contribution in [0.3, 0.4) is 0 Å². The topological polar surface area (TPSA) is 49.3 Å². The Balaban J connectivity index is 0.00000288. The monoisotopic (exact) mass is 498 g/mol. The molecule has 0 fully saturated rings. The van der Waals surface area contributed by atoms with Crippen molar-refractivity contribution in [1.82, 2.24) is 15.6 Å². The highest BCUT2D eigenvalue weighted by atomic mass is 127. The molecule has 0 saturated carbocycles. The first kappa shape index (κ1) is 21.7. The van der Waals surface area contributed by atoms with Crippen LogP contribution in [0.25, 0.3) is 0 Å². The molecule has 2 aromatic heterocycles. The van der Waals surface area contributed by atoms with Gasteiger partial charge in [0.25, 0.3) is 0 Å². The average Bonchev–Trinajstić information content (AvgIpc) is 3.05.